The Bertz CT molecular complexity index is 1210. The first kappa shape index (κ1) is 24.8. The number of pyridine rings is 1. The van der Waals surface area contributed by atoms with Gasteiger partial charge in [-0.15, -0.1) is 0 Å². The van der Waals surface area contributed by atoms with Crippen LogP contribution in [0.15, 0.2) is 30.6 Å². The molecular weight excluding hydrogens is 476 g/mol. The lowest BCUT2D eigenvalue weighted by atomic mass is 9.84. The molecule has 1 fully saturated rings. The first-order valence-electron chi connectivity index (χ1n) is 12.1. The van der Waals surface area contributed by atoms with Gasteiger partial charge < -0.3 is 10.1 Å². The molecule has 0 bridgehead atoms. The highest BCUT2D eigenvalue weighted by Crippen LogP contribution is 2.44. The molecule has 2 aliphatic heterocycles. The van der Waals surface area contributed by atoms with Crippen molar-refractivity contribution in [2.75, 3.05) is 45.3 Å². The van der Waals surface area contributed by atoms with Gasteiger partial charge in [0.15, 0.2) is 0 Å². The molecule has 0 amide bonds. The van der Waals surface area contributed by atoms with E-state index in [4.69, 9.17) is 4.74 Å². The summed E-state index contributed by atoms with van der Waals surface area (Å²) in [5, 5.41) is 11.4. The van der Waals surface area contributed by atoms with Crippen LogP contribution in [0.1, 0.15) is 36.2 Å². The summed E-state index contributed by atoms with van der Waals surface area (Å²) in [5.74, 6) is 0.429. The van der Waals surface area contributed by atoms with Gasteiger partial charge in [-0.05, 0) is 37.0 Å². The topological polar surface area (TPSA) is 69.3 Å². The summed E-state index contributed by atoms with van der Waals surface area (Å²) in [5.41, 5.74) is 3.79. The molecule has 11 heteroatoms. The minimum Gasteiger partial charge on any atom is -0.495 e. The molecule has 4 heterocycles. The van der Waals surface area contributed by atoms with E-state index in [0.717, 1.165) is 47.4 Å². The van der Waals surface area contributed by atoms with Crippen LogP contribution in [0.25, 0.3) is 10.9 Å². The highest BCUT2D eigenvalue weighted by molar-refractivity contribution is 5.83. The molecule has 1 unspecified atom stereocenters. The van der Waals surface area contributed by atoms with E-state index < -0.39 is 18.8 Å². The smallest absolute Gasteiger partial charge is 0.401 e. The maximum atomic E-state index is 13.7. The third-order valence-electron chi connectivity index (χ3n) is 7.12. The van der Waals surface area contributed by atoms with Crippen LogP contribution in [-0.4, -0.2) is 83.2 Å². The van der Waals surface area contributed by atoms with Crippen molar-refractivity contribution in [3.63, 3.8) is 0 Å². The average molecular weight is 507 g/mol. The number of hydrogen-bond acceptors (Lipinski definition) is 6. The zero-order chi connectivity index (χ0) is 25.4. The van der Waals surface area contributed by atoms with Gasteiger partial charge in [0, 0.05) is 37.1 Å². The van der Waals surface area contributed by atoms with Crippen molar-refractivity contribution in [1.82, 2.24) is 25.0 Å². The lowest BCUT2D eigenvalue weighted by molar-refractivity contribution is -0.155. The second kappa shape index (κ2) is 9.85. The third-order valence-corrected chi connectivity index (χ3v) is 7.12. The summed E-state index contributed by atoms with van der Waals surface area (Å²) < 4.78 is 59.1. The van der Waals surface area contributed by atoms with Crippen molar-refractivity contribution >= 4 is 16.6 Å². The molecule has 0 saturated carbocycles. The molecule has 5 rings (SSSR count). The van der Waals surface area contributed by atoms with Crippen molar-refractivity contribution in [2.45, 2.75) is 44.1 Å². The first-order valence-corrected chi connectivity index (χ1v) is 12.1. The Hall–Kier alpha value is -2.92. The summed E-state index contributed by atoms with van der Waals surface area (Å²) in [4.78, 5) is 8.28. The van der Waals surface area contributed by atoms with E-state index in [1.54, 1.807) is 18.5 Å². The molecular formula is C25H30F4N6O. The number of nitrogens with zero attached hydrogens (tertiary/aromatic N) is 4. The molecule has 2 aromatic heterocycles. The van der Waals surface area contributed by atoms with Gasteiger partial charge in [0.1, 0.15) is 11.4 Å². The molecule has 0 spiro atoms. The Morgan fingerprint density at radius 1 is 1.22 bits per heavy atom. The first-order chi connectivity index (χ1) is 17.3. The van der Waals surface area contributed by atoms with Gasteiger partial charge in [-0.3, -0.25) is 24.3 Å². The van der Waals surface area contributed by atoms with Crippen molar-refractivity contribution in [3.05, 3.63) is 47.4 Å². The molecule has 2 atom stereocenters. The largest absolute Gasteiger partial charge is 0.495 e. The van der Waals surface area contributed by atoms with E-state index in [0.29, 0.717) is 24.3 Å². The van der Waals surface area contributed by atoms with Gasteiger partial charge in [-0.1, -0.05) is 6.07 Å². The fourth-order valence-electron chi connectivity index (χ4n) is 5.45. The zero-order valence-corrected chi connectivity index (χ0v) is 20.3. The van der Waals surface area contributed by atoms with Crippen molar-refractivity contribution in [1.29, 1.82) is 0 Å². The number of benzene rings is 1. The number of ether oxygens (including phenoxy) is 1. The van der Waals surface area contributed by atoms with E-state index in [-0.39, 0.29) is 18.8 Å². The molecule has 7 nitrogen and oxygen atoms in total. The number of anilines is 1. The summed E-state index contributed by atoms with van der Waals surface area (Å²) in [6.45, 7) is 2.78. The van der Waals surface area contributed by atoms with E-state index in [2.05, 4.69) is 25.4 Å². The van der Waals surface area contributed by atoms with Gasteiger partial charge >= 0.3 is 6.18 Å². The fourth-order valence-corrected chi connectivity index (χ4v) is 5.45. The lowest BCUT2D eigenvalue weighted by Crippen LogP contribution is -2.54. The van der Waals surface area contributed by atoms with E-state index in [9.17, 15) is 17.6 Å². The third kappa shape index (κ3) is 4.86. The normalized spacial score (nSPS) is 21.4. The zero-order valence-electron chi connectivity index (χ0n) is 20.3. The van der Waals surface area contributed by atoms with E-state index in [1.807, 2.05) is 19.1 Å². The number of aromatic nitrogens is 3. The quantitative estimate of drug-likeness (QED) is 0.444. The summed E-state index contributed by atoms with van der Waals surface area (Å²) >= 11 is 0. The highest BCUT2D eigenvalue weighted by Gasteiger charge is 2.42. The van der Waals surface area contributed by atoms with Crippen LogP contribution < -0.4 is 10.1 Å². The summed E-state index contributed by atoms with van der Waals surface area (Å²) in [6, 6.07) is 4.61. The van der Waals surface area contributed by atoms with Gasteiger partial charge in [0.25, 0.3) is 0 Å². The SMILES string of the molecule is COc1cc(NC2CN(CCCF)C2)cnc1C1c2ccc3[nH]ncc3c2C[C@@H](C)N1CC(F)(F)F. The number of H-pyrrole nitrogens is 1. The molecule has 3 aromatic rings. The molecule has 36 heavy (non-hydrogen) atoms. The molecule has 1 aromatic carbocycles. The second-order valence-electron chi connectivity index (χ2n) is 9.66. The monoisotopic (exact) mass is 506 g/mol. The molecule has 0 radical (unpaired) electrons. The van der Waals surface area contributed by atoms with Crippen LogP contribution in [-0.2, 0) is 6.42 Å². The highest BCUT2D eigenvalue weighted by atomic mass is 19.4. The number of methoxy groups -OCH3 is 1. The van der Waals surface area contributed by atoms with Crippen LogP contribution in [0, 0.1) is 0 Å². The molecule has 1 saturated heterocycles. The molecule has 2 aliphatic rings. The van der Waals surface area contributed by atoms with Crippen molar-refractivity contribution < 1.29 is 22.3 Å². The van der Waals surface area contributed by atoms with Crippen LogP contribution in [0.5, 0.6) is 5.75 Å². The fraction of sp³-hybridized carbons (Fsp3) is 0.520. The summed E-state index contributed by atoms with van der Waals surface area (Å²) in [7, 11) is 1.51. The molecule has 0 aliphatic carbocycles. The Morgan fingerprint density at radius 2 is 2.03 bits per heavy atom. The van der Waals surface area contributed by atoms with Gasteiger partial charge in [-0.25, -0.2) is 0 Å². The standard InChI is InChI=1S/C25H30F4N6O/c1-15-8-19-18(4-5-21-20(19)11-31-33-21)24(35(15)14-25(27,28)29)23-22(36-2)9-16(10-30-23)32-17-12-34(13-17)7-3-6-26/h4-5,9-11,15,17,24,32H,3,6-8,12-14H2,1-2H3,(H,31,33)/t15-,24?/m1/s1. The number of aromatic amines is 1. The molecule has 194 valence electrons. The number of hydrogen-bond donors (Lipinski definition) is 2. The second-order valence-corrected chi connectivity index (χ2v) is 9.66. The Balaban J connectivity index is 1.48. The number of likely N-dealkylation sites (tertiary alicyclic amines) is 1. The maximum absolute atomic E-state index is 13.7. The Labute approximate surface area is 206 Å². The lowest BCUT2D eigenvalue weighted by Gasteiger charge is -2.42. The minimum atomic E-state index is -4.36. The number of fused-ring (bicyclic) bond motifs is 3. The van der Waals surface area contributed by atoms with Gasteiger partial charge in [0.2, 0.25) is 0 Å². The Morgan fingerprint density at radius 3 is 2.75 bits per heavy atom. The van der Waals surface area contributed by atoms with Crippen LogP contribution >= 0.6 is 0 Å². The van der Waals surface area contributed by atoms with E-state index >= 15 is 0 Å². The number of nitrogens with one attached hydrogen (secondary N) is 2. The predicted molar refractivity (Wildman–Crippen MR) is 129 cm³/mol. The van der Waals surface area contributed by atoms with Crippen LogP contribution in [0.4, 0.5) is 23.2 Å². The number of alkyl halides is 4. The summed E-state index contributed by atoms with van der Waals surface area (Å²) in [6.07, 6.45) is 0.0173. The minimum absolute atomic E-state index is 0.202. The molecule has 2 N–H and O–H groups in total. The van der Waals surface area contributed by atoms with Crippen LogP contribution in [0.2, 0.25) is 0 Å². The Kier molecular flexibility index (Phi) is 6.78. The number of halogens is 4. The van der Waals surface area contributed by atoms with Gasteiger partial charge in [0.05, 0.1) is 56.0 Å². The van der Waals surface area contributed by atoms with E-state index in [1.165, 1.54) is 12.0 Å². The maximum Gasteiger partial charge on any atom is 0.401 e. The number of rotatable bonds is 8. The van der Waals surface area contributed by atoms with Gasteiger partial charge in [-0.2, -0.15) is 18.3 Å². The van der Waals surface area contributed by atoms with Crippen molar-refractivity contribution in [2.24, 2.45) is 0 Å². The average Bonchev–Trinajstić information content (AvgIpc) is 3.30. The van der Waals surface area contributed by atoms with Crippen molar-refractivity contribution in [3.8, 4) is 5.75 Å². The predicted octanol–water partition coefficient (Wildman–Crippen LogP) is 4.32. The van der Waals surface area contributed by atoms with Crippen LogP contribution in [0.3, 0.4) is 0 Å².